The van der Waals surface area contributed by atoms with E-state index < -0.39 is 0 Å². The molecular formula is C19H23IN2O. The van der Waals surface area contributed by atoms with Crippen LogP contribution in [0.25, 0.3) is 0 Å². The average Bonchev–Trinajstić information content (AvgIpc) is 2.51. The third-order valence-corrected chi connectivity index (χ3v) is 4.44. The normalized spacial score (nSPS) is 12.2. The van der Waals surface area contributed by atoms with Crippen LogP contribution in [-0.2, 0) is 4.79 Å². The summed E-state index contributed by atoms with van der Waals surface area (Å²) < 4.78 is 1.17. The molecule has 0 spiro atoms. The molecule has 0 saturated carbocycles. The third kappa shape index (κ3) is 5.32. The van der Waals surface area contributed by atoms with Crippen LogP contribution in [0, 0.1) is 16.4 Å². The van der Waals surface area contributed by atoms with Gasteiger partial charge in [-0.3, -0.25) is 4.79 Å². The van der Waals surface area contributed by atoms with Gasteiger partial charge in [-0.2, -0.15) is 0 Å². The highest BCUT2D eigenvalue weighted by Crippen LogP contribution is 2.21. The SMILES string of the molecule is Cc1cc(I)ccc1NC(=O)CN[C@@H](c1ccccc1)C(C)C. The zero-order valence-corrected chi connectivity index (χ0v) is 15.9. The first-order valence-electron chi connectivity index (χ1n) is 7.81. The van der Waals surface area contributed by atoms with E-state index in [1.54, 1.807) is 0 Å². The van der Waals surface area contributed by atoms with E-state index in [0.29, 0.717) is 12.5 Å². The van der Waals surface area contributed by atoms with Gasteiger partial charge in [0.1, 0.15) is 0 Å². The Morgan fingerprint density at radius 1 is 1.13 bits per heavy atom. The zero-order valence-electron chi connectivity index (χ0n) is 13.8. The maximum Gasteiger partial charge on any atom is 0.238 e. The molecule has 1 amide bonds. The van der Waals surface area contributed by atoms with E-state index in [4.69, 9.17) is 0 Å². The van der Waals surface area contributed by atoms with Gasteiger partial charge in [0, 0.05) is 15.3 Å². The molecule has 4 heteroatoms. The largest absolute Gasteiger partial charge is 0.325 e. The highest BCUT2D eigenvalue weighted by atomic mass is 127. The summed E-state index contributed by atoms with van der Waals surface area (Å²) in [5, 5.41) is 6.35. The zero-order chi connectivity index (χ0) is 16.8. The fourth-order valence-electron chi connectivity index (χ4n) is 2.56. The lowest BCUT2D eigenvalue weighted by atomic mass is 9.96. The van der Waals surface area contributed by atoms with Crippen LogP contribution in [0.1, 0.15) is 31.0 Å². The second-order valence-corrected chi connectivity index (χ2v) is 7.27. The van der Waals surface area contributed by atoms with Crippen LogP contribution < -0.4 is 10.6 Å². The maximum absolute atomic E-state index is 12.2. The Morgan fingerprint density at radius 2 is 1.83 bits per heavy atom. The predicted molar refractivity (Wildman–Crippen MR) is 105 cm³/mol. The molecule has 0 bridgehead atoms. The fraction of sp³-hybridized carbons (Fsp3) is 0.316. The number of anilines is 1. The van der Waals surface area contributed by atoms with Crippen molar-refractivity contribution in [1.29, 1.82) is 0 Å². The van der Waals surface area contributed by atoms with Crippen molar-refractivity contribution in [2.45, 2.75) is 26.8 Å². The van der Waals surface area contributed by atoms with Crippen LogP contribution in [0.2, 0.25) is 0 Å². The van der Waals surface area contributed by atoms with E-state index >= 15 is 0 Å². The second-order valence-electron chi connectivity index (χ2n) is 6.02. The molecule has 2 aromatic rings. The van der Waals surface area contributed by atoms with Crippen LogP contribution >= 0.6 is 22.6 Å². The number of carbonyl (C=O) groups excluding carboxylic acids is 1. The van der Waals surface area contributed by atoms with Crippen LogP contribution in [0.15, 0.2) is 48.5 Å². The van der Waals surface area contributed by atoms with E-state index in [9.17, 15) is 4.79 Å². The minimum Gasteiger partial charge on any atom is -0.325 e. The van der Waals surface area contributed by atoms with Crippen molar-refractivity contribution < 1.29 is 4.79 Å². The van der Waals surface area contributed by atoms with Gasteiger partial charge in [0.05, 0.1) is 6.54 Å². The van der Waals surface area contributed by atoms with Crippen LogP contribution in [0.5, 0.6) is 0 Å². The molecular weight excluding hydrogens is 399 g/mol. The first kappa shape index (κ1) is 17.9. The van der Waals surface area contributed by atoms with Crippen molar-refractivity contribution in [3.05, 3.63) is 63.2 Å². The van der Waals surface area contributed by atoms with Gasteiger partial charge in [-0.05, 0) is 64.8 Å². The number of rotatable bonds is 6. The molecule has 2 N–H and O–H groups in total. The Kier molecular flexibility index (Phi) is 6.59. The summed E-state index contributed by atoms with van der Waals surface area (Å²) in [4.78, 5) is 12.2. The number of benzene rings is 2. The van der Waals surface area contributed by atoms with Gasteiger partial charge >= 0.3 is 0 Å². The van der Waals surface area contributed by atoms with Gasteiger partial charge in [0.15, 0.2) is 0 Å². The average molecular weight is 422 g/mol. The van der Waals surface area contributed by atoms with Crippen molar-refractivity contribution in [2.75, 3.05) is 11.9 Å². The Bertz CT molecular complexity index is 656. The Balaban J connectivity index is 1.97. The van der Waals surface area contributed by atoms with Gasteiger partial charge in [-0.1, -0.05) is 44.2 Å². The first-order chi connectivity index (χ1) is 11.0. The lowest BCUT2D eigenvalue weighted by molar-refractivity contribution is -0.115. The molecule has 0 fully saturated rings. The van der Waals surface area contributed by atoms with E-state index in [1.807, 2.05) is 37.3 Å². The smallest absolute Gasteiger partial charge is 0.238 e. The highest BCUT2D eigenvalue weighted by molar-refractivity contribution is 14.1. The molecule has 3 nitrogen and oxygen atoms in total. The number of hydrogen-bond donors (Lipinski definition) is 2. The standard InChI is InChI=1S/C19H23IN2O/c1-13(2)19(15-7-5-4-6-8-15)21-12-18(23)22-17-10-9-16(20)11-14(17)3/h4-11,13,19,21H,12H2,1-3H3,(H,22,23)/t19-/m1/s1. The molecule has 0 aliphatic carbocycles. The van der Waals surface area contributed by atoms with Crippen LogP contribution in [-0.4, -0.2) is 12.5 Å². The molecule has 0 saturated heterocycles. The minimum absolute atomic E-state index is 0.0177. The van der Waals surface area contributed by atoms with E-state index in [0.717, 1.165) is 11.3 Å². The molecule has 23 heavy (non-hydrogen) atoms. The molecule has 0 unspecified atom stereocenters. The first-order valence-corrected chi connectivity index (χ1v) is 8.89. The van der Waals surface area contributed by atoms with Crippen molar-refractivity contribution in [3.8, 4) is 0 Å². The number of amides is 1. The molecule has 2 rings (SSSR count). The van der Waals surface area contributed by atoms with E-state index in [2.05, 4.69) is 65.3 Å². The van der Waals surface area contributed by atoms with E-state index in [1.165, 1.54) is 9.13 Å². The van der Waals surface area contributed by atoms with Gasteiger partial charge in [0.25, 0.3) is 0 Å². The topological polar surface area (TPSA) is 41.1 Å². The summed E-state index contributed by atoms with van der Waals surface area (Å²) in [6.45, 7) is 6.62. The summed E-state index contributed by atoms with van der Waals surface area (Å²) in [5.41, 5.74) is 3.16. The number of carbonyl (C=O) groups is 1. The Hall–Kier alpha value is -1.40. The highest BCUT2D eigenvalue weighted by Gasteiger charge is 2.16. The van der Waals surface area contributed by atoms with Gasteiger partial charge in [-0.15, -0.1) is 0 Å². The van der Waals surface area contributed by atoms with Crippen molar-refractivity contribution in [3.63, 3.8) is 0 Å². The van der Waals surface area contributed by atoms with Gasteiger partial charge in [-0.25, -0.2) is 0 Å². The molecule has 2 aromatic carbocycles. The summed E-state index contributed by atoms with van der Waals surface area (Å²) in [5.74, 6) is 0.390. The fourth-order valence-corrected chi connectivity index (χ4v) is 3.21. The number of nitrogens with one attached hydrogen (secondary N) is 2. The Labute approximate surface area is 152 Å². The number of halogens is 1. The summed E-state index contributed by atoms with van der Waals surface area (Å²) >= 11 is 2.27. The number of aryl methyl sites for hydroxylation is 1. The summed E-state index contributed by atoms with van der Waals surface area (Å²) in [6.07, 6.45) is 0. The lowest BCUT2D eigenvalue weighted by Crippen LogP contribution is -2.33. The summed E-state index contributed by atoms with van der Waals surface area (Å²) in [7, 11) is 0. The maximum atomic E-state index is 12.2. The van der Waals surface area contributed by atoms with Crippen molar-refractivity contribution in [1.82, 2.24) is 5.32 Å². The molecule has 0 aromatic heterocycles. The quantitative estimate of drug-likeness (QED) is 0.672. The second kappa shape index (κ2) is 8.45. The van der Waals surface area contributed by atoms with Gasteiger partial charge < -0.3 is 10.6 Å². The van der Waals surface area contributed by atoms with E-state index in [-0.39, 0.29) is 11.9 Å². The minimum atomic E-state index is -0.0177. The molecule has 122 valence electrons. The molecule has 0 aliphatic rings. The summed E-state index contributed by atoms with van der Waals surface area (Å²) in [6, 6.07) is 16.4. The third-order valence-electron chi connectivity index (χ3n) is 3.77. The van der Waals surface area contributed by atoms with Gasteiger partial charge in [0.2, 0.25) is 5.91 Å². The van der Waals surface area contributed by atoms with Crippen LogP contribution in [0.3, 0.4) is 0 Å². The Morgan fingerprint density at radius 3 is 2.43 bits per heavy atom. The molecule has 0 heterocycles. The monoisotopic (exact) mass is 422 g/mol. The number of hydrogen-bond acceptors (Lipinski definition) is 2. The molecule has 1 atom stereocenters. The van der Waals surface area contributed by atoms with Crippen LogP contribution in [0.4, 0.5) is 5.69 Å². The lowest BCUT2D eigenvalue weighted by Gasteiger charge is -2.23. The molecule has 0 radical (unpaired) electrons. The van der Waals surface area contributed by atoms with Crippen molar-refractivity contribution in [2.24, 2.45) is 5.92 Å². The predicted octanol–water partition coefficient (Wildman–Crippen LogP) is 4.53. The van der Waals surface area contributed by atoms with Crippen molar-refractivity contribution >= 4 is 34.2 Å². The molecule has 0 aliphatic heterocycles.